The van der Waals surface area contributed by atoms with Crippen LogP contribution in [0.3, 0.4) is 0 Å². The van der Waals surface area contributed by atoms with Gasteiger partial charge < -0.3 is 5.32 Å². The van der Waals surface area contributed by atoms with Crippen molar-refractivity contribution in [3.8, 4) is 0 Å². The van der Waals surface area contributed by atoms with Crippen LogP contribution in [0.1, 0.15) is 56.1 Å². The van der Waals surface area contributed by atoms with E-state index in [1.807, 2.05) is 6.07 Å². The quantitative estimate of drug-likeness (QED) is 0.886. The van der Waals surface area contributed by atoms with Crippen molar-refractivity contribution in [3.05, 3.63) is 35.1 Å². The molecule has 0 spiro atoms. The molecule has 1 heterocycles. The molecule has 2 nitrogen and oxygen atoms in total. The lowest BCUT2D eigenvalue weighted by Gasteiger charge is -2.25. The SMILES string of the molecule is Fc1ccc(CNC2CC2)cc1CN1CCCCCCC1. The molecule has 0 aromatic heterocycles. The van der Waals surface area contributed by atoms with Gasteiger partial charge in [0.05, 0.1) is 0 Å². The maximum atomic E-state index is 14.1. The van der Waals surface area contributed by atoms with Gasteiger partial charge in [0.15, 0.2) is 0 Å². The zero-order chi connectivity index (χ0) is 14.5. The van der Waals surface area contributed by atoms with Gasteiger partial charge in [-0.3, -0.25) is 4.90 Å². The summed E-state index contributed by atoms with van der Waals surface area (Å²) in [5.41, 5.74) is 2.08. The number of nitrogens with one attached hydrogen (secondary N) is 1. The van der Waals surface area contributed by atoms with Gasteiger partial charge in [-0.15, -0.1) is 0 Å². The third-order valence-electron chi connectivity index (χ3n) is 4.62. The second-order valence-corrected chi connectivity index (χ2v) is 6.62. The average molecular weight is 290 g/mol. The van der Waals surface area contributed by atoms with Crippen molar-refractivity contribution in [3.63, 3.8) is 0 Å². The summed E-state index contributed by atoms with van der Waals surface area (Å²) in [6.07, 6.45) is 9.11. The van der Waals surface area contributed by atoms with Crippen LogP contribution in [0.2, 0.25) is 0 Å². The Bertz CT molecular complexity index is 449. The Labute approximate surface area is 127 Å². The molecule has 1 N–H and O–H groups in total. The van der Waals surface area contributed by atoms with Gasteiger partial charge in [0.1, 0.15) is 5.82 Å². The lowest BCUT2D eigenvalue weighted by molar-refractivity contribution is 0.237. The fourth-order valence-electron chi connectivity index (χ4n) is 3.12. The number of hydrogen-bond donors (Lipinski definition) is 1. The van der Waals surface area contributed by atoms with E-state index in [1.54, 1.807) is 6.07 Å². The number of halogens is 1. The van der Waals surface area contributed by atoms with Gasteiger partial charge in [0.25, 0.3) is 0 Å². The molecule has 0 amide bonds. The first-order valence-corrected chi connectivity index (χ1v) is 8.54. The Hall–Kier alpha value is -0.930. The number of rotatable bonds is 5. The summed E-state index contributed by atoms with van der Waals surface area (Å²) in [4.78, 5) is 2.43. The van der Waals surface area contributed by atoms with Crippen molar-refractivity contribution in [1.82, 2.24) is 10.2 Å². The van der Waals surface area contributed by atoms with Gasteiger partial charge in [0.2, 0.25) is 0 Å². The van der Waals surface area contributed by atoms with E-state index in [0.29, 0.717) is 6.04 Å². The summed E-state index contributed by atoms with van der Waals surface area (Å²) in [7, 11) is 0. The summed E-state index contributed by atoms with van der Waals surface area (Å²) < 4.78 is 14.1. The first-order valence-electron chi connectivity index (χ1n) is 8.54. The van der Waals surface area contributed by atoms with Crippen LogP contribution >= 0.6 is 0 Å². The highest BCUT2D eigenvalue weighted by Crippen LogP contribution is 2.20. The van der Waals surface area contributed by atoms with Gasteiger partial charge in [-0.05, 0) is 50.4 Å². The molecule has 0 unspecified atom stereocenters. The second kappa shape index (κ2) is 7.37. The zero-order valence-electron chi connectivity index (χ0n) is 12.9. The predicted molar refractivity (Wildman–Crippen MR) is 84.6 cm³/mol. The molecule has 116 valence electrons. The second-order valence-electron chi connectivity index (χ2n) is 6.62. The van der Waals surface area contributed by atoms with Crippen LogP contribution < -0.4 is 5.32 Å². The van der Waals surface area contributed by atoms with Crippen molar-refractivity contribution in [2.75, 3.05) is 13.1 Å². The van der Waals surface area contributed by atoms with Crippen molar-refractivity contribution in [2.24, 2.45) is 0 Å². The molecule has 1 saturated carbocycles. The smallest absolute Gasteiger partial charge is 0.127 e. The summed E-state index contributed by atoms with van der Waals surface area (Å²) in [6.45, 7) is 3.87. The first-order chi connectivity index (χ1) is 10.3. The molecular formula is C18H27FN2. The largest absolute Gasteiger partial charge is 0.310 e. The molecule has 0 bridgehead atoms. The van der Waals surface area contributed by atoms with Crippen LogP contribution in [0, 0.1) is 5.82 Å². The maximum absolute atomic E-state index is 14.1. The zero-order valence-corrected chi connectivity index (χ0v) is 12.9. The lowest BCUT2D eigenvalue weighted by Crippen LogP contribution is -2.27. The van der Waals surface area contributed by atoms with Crippen LogP contribution in [0.15, 0.2) is 18.2 Å². The third kappa shape index (κ3) is 4.79. The molecule has 3 rings (SSSR count). The Morgan fingerprint density at radius 3 is 2.48 bits per heavy atom. The van der Waals surface area contributed by atoms with Crippen LogP contribution in [0.25, 0.3) is 0 Å². The van der Waals surface area contributed by atoms with Crippen LogP contribution in [-0.2, 0) is 13.1 Å². The van der Waals surface area contributed by atoms with Crippen LogP contribution in [-0.4, -0.2) is 24.0 Å². The highest BCUT2D eigenvalue weighted by molar-refractivity contribution is 5.25. The number of hydrogen-bond acceptors (Lipinski definition) is 2. The van der Waals surface area contributed by atoms with Gasteiger partial charge >= 0.3 is 0 Å². The molecule has 2 aliphatic rings. The normalized spacial score (nSPS) is 21.0. The molecule has 0 radical (unpaired) electrons. The average Bonchev–Trinajstić information content (AvgIpc) is 3.26. The van der Waals surface area contributed by atoms with Gasteiger partial charge in [-0.1, -0.05) is 31.4 Å². The van der Waals surface area contributed by atoms with Gasteiger partial charge in [0, 0.05) is 24.7 Å². The molecule has 1 aromatic rings. The minimum Gasteiger partial charge on any atom is -0.310 e. The molecule has 3 heteroatoms. The summed E-state index contributed by atoms with van der Waals surface area (Å²) in [5, 5.41) is 3.51. The van der Waals surface area contributed by atoms with E-state index >= 15 is 0 Å². The highest BCUT2D eigenvalue weighted by atomic mass is 19.1. The first kappa shape index (κ1) is 15.0. The van der Waals surface area contributed by atoms with E-state index in [4.69, 9.17) is 0 Å². The third-order valence-corrected chi connectivity index (χ3v) is 4.62. The van der Waals surface area contributed by atoms with E-state index in [-0.39, 0.29) is 5.82 Å². The highest BCUT2D eigenvalue weighted by Gasteiger charge is 2.20. The Morgan fingerprint density at radius 2 is 1.76 bits per heavy atom. The lowest BCUT2D eigenvalue weighted by atomic mass is 10.1. The van der Waals surface area contributed by atoms with Crippen molar-refractivity contribution in [1.29, 1.82) is 0 Å². The minimum atomic E-state index is -0.0489. The Morgan fingerprint density at radius 1 is 1.05 bits per heavy atom. The molecule has 2 fully saturated rings. The fourth-order valence-corrected chi connectivity index (χ4v) is 3.12. The molecule has 1 saturated heterocycles. The van der Waals surface area contributed by atoms with Gasteiger partial charge in [-0.25, -0.2) is 4.39 Å². The molecule has 1 aliphatic carbocycles. The van der Waals surface area contributed by atoms with Gasteiger partial charge in [-0.2, -0.15) is 0 Å². The van der Waals surface area contributed by atoms with E-state index in [0.717, 1.165) is 31.7 Å². The fraction of sp³-hybridized carbons (Fsp3) is 0.667. The van der Waals surface area contributed by atoms with E-state index in [1.165, 1.54) is 50.5 Å². The monoisotopic (exact) mass is 290 g/mol. The summed E-state index contributed by atoms with van der Waals surface area (Å²) >= 11 is 0. The maximum Gasteiger partial charge on any atom is 0.127 e. The number of benzene rings is 1. The summed E-state index contributed by atoms with van der Waals surface area (Å²) in [6, 6.07) is 6.32. The molecule has 1 aromatic carbocycles. The predicted octanol–water partition coefficient (Wildman–Crippen LogP) is 3.84. The van der Waals surface area contributed by atoms with Crippen molar-refractivity contribution in [2.45, 2.75) is 64.1 Å². The van der Waals surface area contributed by atoms with Crippen LogP contribution in [0.4, 0.5) is 4.39 Å². The Balaban J connectivity index is 1.60. The van der Waals surface area contributed by atoms with E-state index < -0.39 is 0 Å². The Kier molecular flexibility index (Phi) is 5.26. The minimum absolute atomic E-state index is 0.0489. The molecule has 0 atom stereocenters. The molecular weight excluding hydrogens is 263 g/mol. The van der Waals surface area contributed by atoms with Crippen molar-refractivity contribution >= 4 is 0 Å². The standard InChI is InChI=1S/C18H27FN2/c19-18-9-6-15(13-20-17-7-8-17)12-16(18)14-21-10-4-2-1-3-5-11-21/h6,9,12,17,20H,1-5,7-8,10-11,13-14H2. The number of likely N-dealkylation sites (tertiary alicyclic amines) is 1. The molecule has 1 aliphatic heterocycles. The summed E-state index contributed by atoms with van der Waals surface area (Å²) in [5.74, 6) is -0.0489. The molecule has 21 heavy (non-hydrogen) atoms. The number of nitrogens with zero attached hydrogens (tertiary/aromatic N) is 1. The topological polar surface area (TPSA) is 15.3 Å². The van der Waals surface area contributed by atoms with Crippen LogP contribution in [0.5, 0.6) is 0 Å². The van der Waals surface area contributed by atoms with Crippen molar-refractivity contribution < 1.29 is 4.39 Å². The van der Waals surface area contributed by atoms with E-state index in [2.05, 4.69) is 16.3 Å². The van der Waals surface area contributed by atoms with E-state index in [9.17, 15) is 4.39 Å².